The molecule has 0 fully saturated rings. The first-order valence-electron chi connectivity index (χ1n) is 10.3. The fraction of sp³-hybridized carbons (Fsp3) is 0.476. The summed E-state index contributed by atoms with van der Waals surface area (Å²) in [5.74, 6) is -1.16. The molecule has 1 aromatic heterocycles. The van der Waals surface area contributed by atoms with Gasteiger partial charge in [-0.1, -0.05) is 0 Å². The van der Waals surface area contributed by atoms with Crippen molar-refractivity contribution in [2.75, 3.05) is 13.7 Å². The average molecular weight is 488 g/mol. The molecule has 0 saturated carbocycles. The van der Waals surface area contributed by atoms with Crippen LogP contribution in [0.1, 0.15) is 59.9 Å². The Kier molecular flexibility index (Phi) is 6.99. The molecule has 1 heterocycles. The molecule has 0 radical (unpaired) electrons. The normalized spacial score (nSPS) is 16.5. The molecule has 1 aromatic carbocycles. The van der Waals surface area contributed by atoms with Crippen molar-refractivity contribution in [3.8, 4) is 0 Å². The number of hydrogen-bond donors (Lipinski definition) is 0. The summed E-state index contributed by atoms with van der Waals surface area (Å²) in [6, 6.07) is 1.44. The minimum atomic E-state index is -4.82. The minimum absolute atomic E-state index is 0.123. The van der Waals surface area contributed by atoms with Crippen LogP contribution < -0.4 is 0 Å². The van der Waals surface area contributed by atoms with Crippen molar-refractivity contribution >= 4 is 21.8 Å². The Morgan fingerprint density at radius 3 is 2.58 bits per heavy atom. The summed E-state index contributed by atoms with van der Waals surface area (Å²) in [5, 5.41) is 4.19. The van der Waals surface area contributed by atoms with Crippen LogP contribution in [0.4, 0.5) is 13.2 Å². The highest BCUT2D eigenvalue weighted by atomic mass is 32.2. The maximum absolute atomic E-state index is 13.3. The number of carbonyl (C=O) groups excluding carboxylic acids is 2. The number of aromatic nitrogens is 2. The highest BCUT2D eigenvalue weighted by Crippen LogP contribution is 2.38. The van der Waals surface area contributed by atoms with Crippen molar-refractivity contribution in [1.29, 1.82) is 0 Å². The van der Waals surface area contributed by atoms with E-state index in [4.69, 9.17) is 4.74 Å². The number of ether oxygens (including phenoxy) is 1. The van der Waals surface area contributed by atoms with E-state index in [2.05, 4.69) is 5.10 Å². The quantitative estimate of drug-likeness (QED) is 0.439. The molecule has 0 bridgehead atoms. The van der Waals surface area contributed by atoms with Gasteiger partial charge in [0.05, 0.1) is 29.3 Å². The fourth-order valence-corrected chi connectivity index (χ4v) is 5.33. The SMILES string of the molecule is CCOC(=O)Cn1ncc2c1CCCC2N(C)S(=O)(=O)c1cc(C(C)=O)cc(C(F)(F)F)c1. The number of ketones is 1. The molecule has 12 heteroatoms. The molecule has 1 aliphatic rings. The number of hydrogen-bond acceptors (Lipinski definition) is 6. The third-order valence-electron chi connectivity index (χ3n) is 5.57. The lowest BCUT2D eigenvalue weighted by molar-refractivity contribution is -0.144. The summed E-state index contributed by atoms with van der Waals surface area (Å²) in [5.41, 5.74) is -0.303. The van der Waals surface area contributed by atoms with E-state index in [9.17, 15) is 31.2 Å². The van der Waals surface area contributed by atoms with E-state index < -0.39 is 44.5 Å². The number of benzene rings is 1. The standard InChI is InChI=1S/C21H24F3N3O5S/c1-4-32-20(29)12-27-19-7-5-6-18(17(19)11-25-27)26(3)33(30,31)16-9-14(13(2)28)8-15(10-16)21(22,23)24/h8-11,18H,4-7,12H2,1-3H3. The number of esters is 1. The second-order valence-electron chi connectivity index (χ2n) is 7.74. The van der Waals surface area contributed by atoms with Gasteiger partial charge < -0.3 is 4.74 Å². The Morgan fingerprint density at radius 2 is 1.97 bits per heavy atom. The van der Waals surface area contributed by atoms with Crippen molar-refractivity contribution in [3.63, 3.8) is 0 Å². The third kappa shape index (κ3) is 5.11. The first kappa shape index (κ1) is 24.9. The van der Waals surface area contributed by atoms with Gasteiger partial charge in [0, 0.05) is 23.9 Å². The number of sulfonamides is 1. The van der Waals surface area contributed by atoms with Crippen LogP contribution in [-0.4, -0.2) is 47.9 Å². The molecule has 0 N–H and O–H groups in total. The van der Waals surface area contributed by atoms with Gasteiger partial charge in [-0.25, -0.2) is 8.42 Å². The zero-order valence-corrected chi connectivity index (χ0v) is 19.2. The van der Waals surface area contributed by atoms with Crippen molar-refractivity contribution in [1.82, 2.24) is 14.1 Å². The number of alkyl halides is 3. The number of halogens is 3. The molecule has 8 nitrogen and oxygen atoms in total. The fourth-order valence-electron chi connectivity index (χ4n) is 3.89. The van der Waals surface area contributed by atoms with Crippen molar-refractivity contribution < 1.29 is 35.9 Å². The largest absolute Gasteiger partial charge is 0.465 e. The molecule has 2 aromatic rings. The minimum Gasteiger partial charge on any atom is -0.465 e. The Labute approximate surface area is 189 Å². The molecule has 0 saturated heterocycles. The zero-order valence-electron chi connectivity index (χ0n) is 18.3. The van der Waals surface area contributed by atoms with Crippen LogP contribution >= 0.6 is 0 Å². The van der Waals surface area contributed by atoms with E-state index >= 15 is 0 Å². The van der Waals surface area contributed by atoms with Crippen LogP contribution in [-0.2, 0) is 38.7 Å². The maximum Gasteiger partial charge on any atom is 0.416 e. The smallest absolute Gasteiger partial charge is 0.416 e. The average Bonchev–Trinajstić information content (AvgIpc) is 3.15. The van der Waals surface area contributed by atoms with Gasteiger partial charge >= 0.3 is 12.1 Å². The molecule has 1 unspecified atom stereocenters. The number of rotatable bonds is 7. The van der Waals surface area contributed by atoms with Gasteiger partial charge in [0.25, 0.3) is 0 Å². The summed E-state index contributed by atoms with van der Waals surface area (Å²) in [6.45, 7) is 2.84. The molecule has 0 amide bonds. The molecule has 180 valence electrons. The van der Waals surface area contributed by atoms with Gasteiger partial charge in [0.15, 0.2) is 5.78 Å². The van der Waals surface area contributed by atoms with Gasteiger partial charge in [0.2, 0.25) is 10.0 Å². The summed E-state index contributed by atoms with van der Waals surface area (Å²) in [6.07, 6.45) is -1.77. The second-order valence-corrected chi connectivity index (χ2v) is 9.74. The molecular weight excluding hydrogens is 463 g/mol. The lowest BCUT2D eigenvalue weighted by Crippen LogP contribution is -2.34. The van der Waals surface area contributed by atoms with E-state index in [1.165, 1.54) is 17.9 Å². The number of nitrogens with zero attached hydrogens (tertiary/aromatic N) is 3. The Bertz CT molecular complexity index is 1170. The Balaban J connectivity index is 1.99. The van der Waals surface area contributed by atoms with Crippen LogP contribution in [0.3, 0.4) is 0 Å². The van der Waals surface area contributed by atoms with E-state index in [0.717, 1.165) is 17.3 Å². The van der Waals surface area contributed by atoms with Gasteiger partial charge in [0.1, 0.15) is 6.54 Å². The van der Waals surface area contributed by atoms with Crippen LogP contribution in [0, 0.1) is 0 Å². The van der Waals surface area contributed by atoms with E-state index in [1.807, 2.05) is 0 Å². The Morgan fingerprint density at radius 1 is 1.27 bits per heavy atom. The molecule has 0 aliphatic heterocycles. The highest BCUT2D eigenvalue weighted by Gasteiger charge is 2.37. The van der Waals surface area contributed by atoms with E-state index in [0.29, 0.717) is 42.7 Å². The third-order valence-corrected chi connectivity index (χ3v) is 7.42. The zero-order chi connectivity index (χ0) is 24.6. The molecular formula is C21H24F3N3O5S. The maximum atomic E-state index is 13.3. The Hall–Kier alpha value is -2.73. The second kappa shape index (κ2) is 9.26. The van der Waals surface area contributed by atoms with Gasteiger partial charge in [-0.3, -0.25) is 14.3 Å². The van der Waals surface area contributed by atoms with Gasteiger partial charge in [-0.05, 0) is 51.3 Å². The predicted octanol–water partition coefficient (Wildman–Crippen LogP) is 3.37. The molecule has 3 rings (SSSR count). The lowest BCUT2D eigenvalue weighted by Gasteiger charge is -2.31. The van der Waals surface area contributed by atoms with Crippen molar-refractivity contribution in [3.05, 3.63) is 46.8 Å². The predicted molar refractivity (Wildman–Crippen MR) is 111 cm³/mol. The summed E-state index contributed by atoms with van der Waals surface area (Å²) in [7, 11) is -3.11. The van der Waals surface area contributed by atoms with Crippen molar-refractivity contribution in [2.45, 2.75) is 56.8 Å². The van der Waals surface area contributed by atoms with Crippen LogP contribution in [0.2, 0.25) is 0 Å². The van der Waals surface area contributed by atoms with E-state index in [-0.39, 0.29) is 18.7 Å². The highest BCUT2D eigenvalue weighted by molar-refractivity contribution is 7.89. The summed E-state index contributed by atoms with van der Waals surface area (Å²) in [4.78, 5) is 23.0. The van der Waals surface area contributed by atoms with Gasteiger partial charge in [-0.2, -0.15) is 22.6 Å². The van der Waals surface area contributed by atoms with E-state index in [1.54, 1.807) is 6.92 Å². The number of fused-ring (bicyclic) bond motifs is 1. The van der Waals surface area contributed by atoms with Crippen LogP contribution in [0.5, 0.6) is 0 Å². The van der Waals surface area contributed by atoms with Crippen LogP contribution in [0.25, 0.3) is 0 Å². The summed E-state index contributed by atoms with van der Waals surface area (Å²) >= 11 is 0. The van der Waals surface area contributed by atoms with Crippen molar-refractivity contribution in [2.24, 2.45) is 0 Å². The van der Waals surface area contributed by atoms with Crippen LogP contribution in [0.15, 0.2) is 29.3 Å². The number of Topliss-reactive ketones (excluding diaryl/α,β-unsaturated/α-hetero) is 1. The molecule has 1 aliphatic carbocycles. The lowest BCUT2D eigenvalue weighted by atomic mass is 9.93. The topological polar surface area (TPSA) is 98.6 Å². The number of carbonyl (C=O) groups is 2. The molecule has 33 heavy (non-hydrogen) atoms. The first-order valence-corrected chi connectivity index (χ1v) is 11.7. The van der Waals surface area contributed by atoms with Gasteiger partial charge in [-0.15, -0.1) is 0 Å². The first-order chi connectivity index (χ1) is 15.4. The monoisotopic (exact) mass is 487 g/mol. The molecule has 1 atom stereocenters. The molecule has 0 spiro atoms. The summed E-state index contributed by atoms with van der Waals surface area (Å²) < 4.78 is 74.1.